The van der Waals surface area contributed by atoms with E-state index in [4.69, 9.17) is 16.7 Å². The van der Waals surface area contributed by atoms with Gasteiger partial charge in [0.25, 0.3) is 0 Å². The monoisotopic (exact) mass is 259 g/mol. The molecule has 0 aromatic rings. The molecule has 0 aromatic carbocycles. The summed E-state index contributed by atoms with van der Waals surface area (Å²) in [5, 5.41) is 8.05. The fourth-order valence-electron chi connectivity index (χ4n) is 1.76. The van der Waals surface area contributed by atoms with Crippen molar-refractivity contribution in [2.24, 2.45) is 5.41 Å². The summed E-state index contributed by atoms with van der Waals surface area (Å²) in [5.74, 6) is -0.527. The lowest BCUT2D eigenvalue weighted by Gasteiger charge is -2.29. The quantitative estimate of drug-likeness (QED) is 0.762. The number of aliphatic hydroxyl groups is 1. The number of hydrogen-bond donors (Lipinski definition) is 1. The van der Waals surface area contributed by atoms with Crippen LogP contribution in [0.1, 0.15) is 13.3 Å². The Morgan fingerprint density at radius 1 is 1.62 bits per heavy atom. The molecule has 94 valence electrons. The smallest absolute Gasteiger partial charge is 0.395 e. The zero-order valence-electron chi connectivity index (χ0n) is 8.72. The van der Waals surface area contributed by atoms with E-state index >= 15 is 0 Å². The number of hydrogen-bond acceptors (Lipinski definition) is 2. The van der Waals surface area contributed by atoms with Gasteiger partial charge in [-0.3, -0.25) is 4.79 Å². The number of amides is 1. The highest BCUT2D eigenvalue weighted by Gasteiger charge is 2.58. The molecule has 1 heterocycles. The second-order valence-electron chi connectivity index (χ2n) is 4.06. The first-order chi connectivity index (χ1) is 7.23. The number of aliphatic hydroxyl groups excluding tert-OH is 1. The molecule has 1 fully saturated rings. The predicted molar refractivity (Wildman–Crippen MR) is 52.1 cm³/mol. The van der Waals surface area contributed by atoms with Crippen LogP contribution >= 0.6 is 11.6 Å². The van der Waals surface area contributed by atoms with Crippen molar-refractivity contribution >= 4 is 17.5 Å². The Morgan fingerprint density at radius 2 is 2.19 bits per heavy atom. The average molecular weight is 260 g/mol. The van der Waals surface area contributed by atoms with Gasteiger partial charge < -0.3 is 10.0 Å². The number of alkyl halides is 4. The molecule has 1 saturated heterocycles. The molecular weight excluding hydrogens is 247 g/mol. The maximum atomic E-state index is 12.7. The first kappa shape index (κ1) is 13.6. The van der Waals surface area contributed by atoms with E-state index in [2.05, 4.69) is 0 Å². The van der Waals surface area contributed by atoms with E-state index in [-0.39, 0.29) is 13.0 Å². The van der Waals surface area contributed by atoms with Crippen LogP contribution in [0.15, 0.2) is 0 Å². The number of likely N-dealkylation sites (tertiary alicyclic amines) is 1. The van der Waals surface area contributed by atoms with Crippen molar-refractivity contribution in [1.82, 2.24) is 4.90 Å². The molecule has 0 radical (unpaired) electrons. The Labute approximate surface area is 96.2 Å². The first-order valence-electron chi connectivity index (χ1n) is 4.84. The van der Waals surface area contributed by atoms with Gasteiger partial charge in [-0.15, -0.1) is 11.6 Å². The van der Waals surface area contributed by atoms with E-state index in [9.17, 15) is 18.0 Å². The van der Waals surface area contributed by atoms with Crippen molar-refractivity contribution in [3.8, 4) is 0 Å². The fraction of sp³-hybridized carbons (Fsp3) is 0.889. The number of halogens is 4. The Balaban J connectivity index is 2.80. The van der Waals surface area contributed by atoms with Crippen molar-refractivity contribution < 1.29 is 23.1 Å². The molecule has 0 spiro atoms. The lowest BCUT2D eigenvalue weighted by atomic mass is 9.87. The van der Waals surface area contributed by atoms with E-state index in [0.717, 1.165) is 4.90 Å². The van der Waals surface area contributed by atoms with Crippen molar-refractivity contribution in [3.05, 3.63) is 0 Å². The summed E-state index contributed by atoms with van der Waals surface area (Å²) >= 11 is 5.52. The van der Waals surface area contributed by atoms with E-state index in [0.29, 0.717) is 0 Å². The van der Waals surface area contributed by atoms with Crippen molar-refractivity contribution in [3.63, 3.8) is 0 Å². The van der Waals surface area contributed by atoms with Gasteiger partial charge >= 0.3 is 6.18 Å². The highest BCUT2D eigenvalue weighted by molar-refractivity contribution is 6.30. The number of carbonyl (C=O) groups excluding carboxylic acids is 1. The van der Waals surface area contributed by atoms with Crippen LogP contribution in [0.3, 0.4) is 0 Å². The lowest BCUT2D eigenvalue weighted by Crippen LogP contribution is -2.45. The zero-order chi connectivity index (χ0) is 12.6. The molecule has 1 amide bonds. The predicted octanol–water partition coefficient (Wildman–Crippen LogP) is 1.39. The van der Waals surface area contributed by atoms with Gasteiger partial charge in [0.15, 0.2) is 0 Å². The van der Waals surface area contributed by atoms with Crippen LogP contribution in [-0.4, -0.2) is 47.2 Å². The van der Waals surface area contributed by atoms with Gasteiger partial charge in [-0.25, -0.2) is 0 Å². The van der Waals surface area contributed by atoms with Crippen LogP contribution in [0, 0.1) is 5.41 Å². The highest BCUT2D eigenvalue weighted by Crippen LogP contribution is 2.45. The molecule has 16 heavy (non-hydrogen) atoms. The van der Waals surface area contributed by atoms with Crippen LogP contribution in [0.5, 0.6) is 0 Å². The Hall–Kier alpha value is -0.490. The molecule has 3 nitrogen and oxygen atoms in total. The second kappa shape index (κ2) is 4.41. The molecule has 0 aromatic heterocycles. The minimum Gasteiger partial charge on any atom is -0.395 e. The van der Waals surface area contributed by atoms with Crippen LogP contribution in [0.4, 0.5) is 13.2 Å². The van der Waals surface area contributed by atoms with Crippen molar-refractivity contribution in [2.75, 3.05) is 19.7 Å². The fourth-order valence-corrected chi connectivity index (χ4v) is 1.90. The molecule has 1 aliphatic rings. The van der Waals surface area contributed by atoms with Gasteiger partial charge in [0.05, 0.1) is 6.61 Å². The largest absolute Gasteiger partial charge is 0.398 e. The summed E-state index contributed by atoms with van der Waals surface area (Å²) in [6.07, 6.45) is -4.78. The standard InChI is InChI=1S/C9H13ClF3NO2/c1-6(10)7(16)14-3-2-8(4-14,5-15)9(11,12)13/h6,15H,2-5H2,1H3/t6-,8+/m0/s1. The van der Waals surface area contributed by atoms with E-state index in [1.54, 1.807) is 0 Å². The normalized spacial score (nSPS) is 28.2. The molecule has 1 rings (SSSR count). The van der Waals surface area contributed by atoms with E-state index in [1.807, 2.05) is 0 Å². The average Bonchev–Trinajstić information content (AvgIpc) is 2.60. The molecule has 1 N–H and O–H groups in total. The highest BCUT2D eigenvalue weighted by atomic mass is 35.5. The molecule has 0 saturated carbocycles. The molecule has 2 atom stereocenters. The Bertz CT molecular complexity index is 282. The minimum absolute atomic E-state index is 0.0179. The number of nitrogens with zero attached hydrogens (tertiary/aromatic N) is 1. The van der Waals surface area contributed by atoms with Gasteiger partial charge in [-0.05, 0) is 13.3 Å². The van der Waals surface area contributed by atoms with Crippen molar-refractivity contribution in [1.29, 1.82) is 0 Å². The van der Waals surface area contributed by atoms with E-state index < -0.39 is 36.0 Å². The Morgan fingerprint density at radius 3 is 2.50 bits per heavy atom. The van der Waals surface area contributed by atoms with Crippen LogP contribution in [-0.2, 0) is 4.79 Å². The van der Waals surface area contributed by atoms with Crippen molar-refractivity contribution in [2.45, 2.75) is 24.9 Å². The summed E-state index contributed by atoms with van der Waals surface area (Å²) in [4.78, 5) is 12.5. The summed E-state index contributed by atoms with van der Waals surface area (Å²) in [6.45, 7) is -0.119. The minimum atomic E-state index is -4.51. The lowest BCUT2D eigenvalue weighted by molar-refractivity contribution is -0.230. The molecule has 0 unspecified atom stereocenters. The number of carbonyl (C=O) groups is 1. The van der Waals surface area contributed by atoms with E-state index in [1.165, 1.54) is 6.92 Å². The maximum Gasteiger partial charge on any atom is 0.398 e. The van der Waals surface area contributed by atoms with Gasteiger partial charge in [-0.2, -0.15) is 13.2 Å². The van der Waals surface area contributed by atoms with Gasteiger partial charge in [0.2, 0.25) is 5.91 Å². The van der Waals surface area contributed by atoms with Crippen LogP contribution in [0.25, 0.3) is 0 Å². The topological polar surface area (TPSA) is 40.5 Å². The van der Waals surface area contributed by atoms with Gasteiger partial charge in [-0.1, -0.05) is 0 Å². The third kappa shape index (κ3) is 2.27. The number of rotatable bonds is 2. The zero-order valence-corrected chi connectivity index (χ0v) is 9.48. The second-order valence-corrected chi connectivity index (χ2v) is 4.72. The molecule has 0 bridgehead atoms. The third-order valence-corrected chi connectivity index (χ3v) is 3.10. The third-order valence-electron chi connectivity index (χ3n) is 2.91. The van der Waals surface area contributed by atoms with Crippen LogP contribution < -0.4 is 0 Å². The summed E-state index contributed by atoms with van der Waals surface area (Å²) in [5.41, 5.74) is -2.19. The molecule has 7 heteroatoms. The van der Waals surface area contributed by atoms with Crippen LogP contribution in [0.2, 0.25) is 0 Å². The first-order valence-corrected chi connectivity index (χ1v) is 5.27. The summed E-state index contributed by atoms with van der Waals surface area (Å²) in [7, 11) is 0. The molecular formula is C9H13ClF3NO2. The van der Waals surface area contributed by atoms with Gasteiger partial charge in [0.1, 0.15) is 10.8 Å². The SMILES string of the molecule is C[C@H](Cl)C(=O)N1CC[C@@](CO)(C(F)(F)F)C1. The van der Waals surface area contributed by atoms with Gasteiger partial charge in [0, 0.05) is 13.1 Å². The Kier molecular flexibility index (Phi) is 3.74. The molecule has 1 aliphatic heterocycles. The molecule has 0 aliphatic carbocycles. The summed E-state index contributed by atoms with van der Waals surface area (Å²) in [6, 6.07) is 0. The summed E-state index contributed by atoms with van der Waals surface area (Å²) < 4.78 is 38.2. The maximum absolute atomic E-state index is 12.7.